The van der Waals surface area contributed by atoms with Crippen LogP contribution >= 0.6 is 0 Å². The van der Waals surface area contributed by atoms with E-state index < -0.39 is 9.84 Å². The molecule has 1 saturated heterocycles. The topological polar surface area (TPSA) is 90.9 Å². The first-order valence-corrected chi connectivity index (χ1v) is 11.3. The summed E-state index contributed by atoms with van der Waals surface area (Å²) in [7, 11) is -3.21. The summed E-state index contributed by atoms with van der Waals surface area (Å²) in [5.41, 5.74) is 1.66. The van der Waals surface area contributed by atoms with Crippen molar-refractivity contribution in [3.63, 3.8) is 0 Å². The summed E-state index contributed by atoms with van der Waals surface area (Å²) in [4.78, 5) is 18.9. The fraction of sp³-hybridized carbons (Fsp3) is 0.579. The molecule has 0 spiro atoms. The molecule has 2 N–H and O–H groups in total. The van der Waals surface area contributed by atoms with Gasteiger partial charge in [0.2, 0.25) is 5.91 Å². The van der Waals surface area contributed by atoms with Gasteiger partial charge in [0.15, 0.2) is 15.8 Å². The van der Waals surface area contributed by atoms with Crippen molar-refractivity contribution < 1.29 is 13.2 Å². The third-order valence-electron chi connectivity index (χ3n) is 4.49. The average molecular weight is 395 g/mol. The van der Waals surface area contributed by atoms with E-state index in [0.717, 1.165) is 43.6 Å². The molecule has 0 aromatic heterocycles. The van der Waals surface area contributed by atoms with Crippen molar-refractivity contribution in [2.45, 2.75) is 44.6 Å². The first kappa shape index (κ1) is 21.2. The average Bonchev–Trinajstić information content (AvgIpc) is 3.13. The van der Waals surface area contributed by atoms with E-state index in [9.17, 15) is 13.2 Å². The fourth-order valence-corrected chi connectivity index (χ4v) is 4.11. The first-order chi connectivity index (χ1) is 12.8. The molecule has 1 aliphatic rings. The molecule has 0 radical (unpaired) electrons. The number of hydrogen-bond acceptors (Lipinski definition) is 4. The van der Waals surface area contributed by atoms with Crippen LogP contribution in [0.4, 0.5) is 0 Å². The summed E-state index contributed by atoms with van der Waals surface area (Å²) >= 11 is 0. The second kappa shape index (κ2) is 9.73. The van der Waals surface area contributed by atoms with Crippen molar-refractivity contribution in [3.05, 3.63) is 29.3 Å². The van der Waals surface area contributed by atoms with Gasteiger partial charge in [-0.3, -0.25) is 4.79 Å². The minimum atomic E-state index is -3.21. The molecule has 1 aromatic carbocycles. The van der Waals surface area contributed by atoms with Gasteiger partial charge < -0.3 is 15.5 Å². The lowest BCUT2D eigenvalue weighted by molar-refractivity contribution is -0.129. The molecule has 1 aromatic rings. The van der Waals surface area contributed by atoms with Crippen LogP contribution in [0.2, 0.25) is 0 Å². The van der Waals surface area contributed by atoms with Crippen LogP contribution in [0.3, 0.4) is 0 Å². The number of carbonyl (C=O) groups is 1. The predicted molar refractivity (Wildman–Crippen MR) is 108 cm³/mol. The van der Waals surface area contributed by atoms with Crippen molar-refractivity contribution >= 4 is 21.7 Å². The number of sulfone groups is 1. The second-order valence-electron chi connectivity index (χ2n) is 6.83. The maximum atomic E-state index is 12.1. The second-order valence-corrected chi connectivity index (χ2v) is 8.82. The number of hydrogen-bond donors (Lipinski definition) is 2. The Balaban J connectivity index is 1.92. The van der Waals surface area contributed by atoms with Crippen LogP contribution in [-0.4, -0.2) is 57.6 Å². The Morgan fingerprint density at radius 1 is 1.22 bits per heavy atom. The lowest BCUT2D eigenvalue weighted by Crippen LogP contribution is -2.39. The van der Waals surface area contributed by atoms with E-state index in [1.807, 2.05) is 17.9 Å². The standard InChI is InChI=1S/C19H30N4O3S/c1-4-20-19(21-10-9-18(24)23-11-5-6-12-23)22-14-16-7-8-17(15(2)13-16)27(3,25)26/h7-8,13H,4-6,9-12,14H2,1-3H3,(H2,20,21,22). The molecule has 0 saturated carbocycles. The maximum absolute atomic E-state index is 12.1. The molecular weight excluding hydrogens is 364 g/mol. The van der Waals surface area contributed by atoms with Gasteiger partial charge in [0.05, 0.1) is 11.4 Å². The monoisotopic (exact) mass is 394 g/mol. The van der Waals surface area contributed by atoms with Crippen molar-refractivity contribution in [1.82, 2.24) is 15.5 Å². The summed E-state index contributed by atoms with van der Waals surface area (Å²) in [5, 5.41) is 6.36. The molecule has 0 aliphatic carbocycles. The van der Waals surface area contributed by atoms with Gasteiger partial charge in [0.1, 0.15) is 0 Å². The van der Waals surface area contributed by atoms with E-state index in [4.69, 9.17) is 0 Å². The number of likely N-dealkylation sites (tertiary alicyclic amines) is 1. The largest absolute Gasteiger partial charge is 0.357 e. The molecule has 0 bridgehead atoms. The number of nitrogens with zero attached hydrogens (tertiary/aromatic N) is 2. The molecule has 1 fully saturated rings. The van der Waals surface area contributed by atoms with Crippen LogP contribution in [0.15, 0.2) is 28.1 Å². The van der Waals surface area contributed by atoms with Crippen LogP contribution in [0.25, 0.3) is 0 Å². The summed E-state index contributed by atoms with van der Waals surface area (Å²) in [5.74, 6) is 0.833. The first-order valence-electron chi connectivity index (χ1n) is 9.41. The smallest absolute Gasteiger partial charge is 0.224 e. The zero-order chi connectivity index (χ0) is 19.9. The molecule has 0 atom stereocenters. The number of nitrogens with one attached hydrogen (secondary N) is 2. The van der Waals surface area contributed by atoms with Crippen LogP contribution in [-0.2, 0) is 21.2 Å². The third-order valence-corrected chi connectivity index (χ3v) is 5.75. The number of carbonyl (C=O) groups excluding carboxylic acids is 1. The Morgan fingerprint density at radius 2 is 1.93 bits per heavy atom. The van der Waals surface area contributed by atoms with Gasteiger partial charge in [-0.25, -0.2) is 13.4 Å². The lowest BCUT2D eigenvalue weighted by atomic mass is 10.1. The zero-order valence-corrected chi connectivity index (χ0v) is 17.2. The van der Waals surface area contributed by atoms with Gasteiger partial charge in [-0.05, 0) is 43.9 Å². The summed E-state index contributed by atoms with van der Waals surface area (Å²) in [6.07, 6.45) is 3.86. The molecule has 27 heavy (non-hydrogen) atoms. The van der Waals surface area contributed by atoms with Gasteiger partial charge in [-0.1, -0.05) is 12.1 Å². The minimum Gasteiger partial charge on any atom is -0.357 e. The number of amides is 1. The fourth-order valence-electron chi connectivity index (χ4n) is 3.15. The van der Waals surface area contributed by atoms with Gasteiger partial charge in [-0.15, -0.1) is 0 Å². The Labute approximate surface area is 162 Å². The number of benzene rings is 1. The number of rotatable bonds is 7. The molecule has 2 rings (SSSR count). The van der Waals surface area contributed by atoms with E-state index in [0.29, 0.717) is 30.4 Å². The third kappa shape index (κ3) is 6.53. The molecule has 1 heterocycles. The summed E-state index contributed by atoms with van der Waals surface area (Å²) in [6.45, 7) is 7.20. The molecule has 0 unspecified atom stereocenters. The molecule has 1 aliphatic heterocycles. The molecule has 1 amide bonds. The SMILES string of the molecule is CCNC(=NCc1ccc(S(C)(=O)=O)c(C)c1)NCCC(=O)N1CCCC1. The van der Waals surface area contributed by atoms with Gasteiger partial charge in [-0.2, -0.15) is 0 Å². The maximum Gasteiger partial charge on any atom is 0.224 e. The normalized spacial score (nSPS) is 15.1. The highest BCUT2D eigenvalue weighted by Gasteiger charge is 2.17. The van der Waals surface area contributed by atoms with Crippen LogP contribution in [0.5, 0.6) is 0 Å². The van der Waals surface area contributed by atoms with Crippen LogP contribution < -0.4 is 10.6 Å². The van der Waals surface area contributed by atoms with E-state index in [2.05, 4.69) is 15.6 Å². The van der Waals surface area contributed by atoms with Crippen LogP contribution in [0.1, 0.15) is 37.3 Å². The van der Waals surface area contributed by atoms with Crippen LogP contribution in [0, 0.1) is 6.92 Å². The van der Waals surface area contributed by atoms with Gasteiger partial charge in [0, 0.05) is 38.9 Å². The van der Waals surface area contributed by atoms with Gasteiger partial charge in [0.25, 0.3) is 0 Å². The lowest BCUT2D eigenvalue weighted by Gasteiger charge is -2.16. The Kier molecular flexibility index (Phi) is 7.65. The summed E-state index contributed by atoms with van der Waals surface area (Å²) < 4.78 is 23.4. The highest BCUT2D eigenvalue weighted by Crippen LogP contribution is 2.17. The molecule has 8 heteroatoms. The molecular formula is C19H30N4O3S. The van der Waals surface area contributed by atoms with Gasteiger partial charge >= 0.3 is 0 Å². The Bertz CT molecular complexity index is 784. The van der Waals surface area contributed by atoms with Crippen molar-refractivity contribution in [3.8, 4) is 0 Å². The highest BCUT2D eigenvalue weighted by molar-refractivity contribution is 7.90. The Morgan fingerprint density at radius 3 is 2.52 bits per heavy atom. The van der Waals surface area contributed by atoms with Crippen molar-refractivity contribution in [2.24, 2.45) is 4.99 Å². The van der Waals surface area contributed by atoms with E-state index in [1.165, 1.54) is 6.26 Å². The Hall–Kier alpha value is -2.09. The van der Waals surface area contributed by atoms with E-state index >= 15 is 0 Å². The van der Waals surface area contributed by atoms with Crippen molar-refractivity contribution in [1.29, 1.82) is 0 Å². The predicted octanol–water partition coefficient (Wildman–Crippen LogP) is 1.47. The number of guanidine groups is 1. The summed E-state index contributed by atoms with van der Waals surface area (Å²) in [6, 6.07) is 5.26. The number of aliphatic imine (C=N–C) groups is 1. The zero-order valence-electron chi connectivity index (χ0n) is 16.4. The molecule has 150 valence electrons. The van der Waals surface area contributed by atoms with E-state index in [-0.39, 0.29) is 5.91 Å². The minimum absolute atomic E-state index is 0.183. The quantitative estimate of drug-likeness (QED) is 0.540. The van der Waals surface area contributed by atoms with E-state index in [1.54, 1.807) is 19.1 Å². The molecule has 7 nitrogen and oxygen atoms in total. The van der Waals surface area contributed by atoms with Crippen molar-refractivity contribution in [2.75, 3.05) is 32.4 Å². The number of aryl methyl sites for hydroxylation is 1. The highest BCUT2D eigenvalue weighted by atomic mass is 32.2.